The lowest BCUT2D eigenvalue weighted by atomic mass is 9.70. The Morgan fingerprint density at radius 1 is 1.12 bits per heavy atom. The van der Waals surface area contributed by atoms with Crippen LogP contribution in [0.4, 0.5) is 16.6 Å². The molecule has 0 atom stereocenters. The second-order valence-corrected chi connectivity index (χ2v) is 12.5. The number of methoxy groups -OCH3 is 1. The number of hydrogen-bond acceptors (Lipinski definition) is 12. The molecule has 2 aromatic heterocycles. The molecule has 1 spiro atoms. The number of nitrogens with two attached hydrogens (primary N) is 2. The van der Waals surface area contributed by atoms with Crippen LogP contribution < -0.4 is 26.0 Å². The highest BCUT2D eigenvalue weighted by Crippen LogP contribution is 2.50. The normalized spacial score (nSPS) is 18.4. The molecule has 1 saturated heterocycles. The quantitative estimate of drug-likeness (QED) is 0.480. The first-order valence-corrected chi connectivity index (χ1v) is 14.9. The van der Waals surface area contributed by atoms with E-state index < -0.39 is 5.91 Å². The summed E-state index contributed by atoms with van der Waals surface area (Å²) in [6.45, 7) is 2.42. The average Bonchev–Trinajstić information content (AvgIpc) is 3.12. The molecule has 1 aliphatic carbocycles. The van der Waals surface area contributed by atoms with Gasteiger partial charge in [-0.3, -0.25) is 9.79 Å². The number of carbonyl (C=O) groups excluding carboxylic acids is 1. The number of thiophene rings is 1. The van der Waals surface area contributed by atoms with Crippen molar-refractivity contribution in [3.05, 3.63) is 32.3 Å². The average molecular weight is 609 g/mol. The minimum Gasteiger partial charge on any atom is -0.467 e. The molecule has 12 nitrogen and oxygen atoms in total. The molecule has 3 aliphatic rings. The number of nitriles is 2. The summed E-state index contributed by atoms with van der Waals surface area (Å²) < 4.78 is 5.48. The molecule has 5 rings (SSSR count). The molecule has 4 N–H and O–H groups in total. The number of aryl methyl sites for hydroxylation is 1. The number of hydrogen-bond donors (Lipinski definition) is 2. The fourth-order valence-electron chi connectivity index (χ4n) is 6.03. The smallest absolute Gasteiger partial charge is 0.320 e. The standard InChI is InChI=1S/C28H33ClN10O2S/c1-37(2)26(40)22(32)21(29)18-13-38(10-6-9-34-18)24-17(12-31)25(36-27(35-24)41-3)39-14-28(15-39)8-5-4-7-19-20(28)16(11-30)23(33)42-19/h4-10,13-15,32-33H2,1-3H3/b22-21+. The van der Waals surface area contributed by atoms with Crippen LogP contribution in [0.5, 0.6) is 6.01 Å². The van der Waals surface area contributed by atoms with Crippen LogP contribution >= 0.6 is 22.9 Å². The number of aliphatic imine (C=N–C) groups is 1. The number of carbonyl (C=O) groups is 1. The van der Waals surface area contributed by atoms with Gasteiger partial charge in [-0.05, 0) is 31.2 Å². The Balaban J connectivity index is 1.50. The van der Waals surface area contributed by atoms with Gasteiger partial charge in [0.05, 0.1) is 30.0 Å². The molecule has 42 heavy (non-hydrogen) atoms. The predicted octanol–water partition coefficient (Wildman–Crippen LogP) is 2.51. The number of fused-ring (bicyclic) bond motifs is 2. The zero-order valence-electron chi connectivity index (χ0n) is 23.9. The van der Waals surface area contributed by atoms with Gasteiger partial charge in [-0.1, -0.05) is 18.0 Å². The molecule has 0 aromatic carbocycles. The highest BCUT2D eigenvalue weighted by molar-refractivity contribution is 7.16. The van der Waals surface area contributed by atoms with E-state index in [0.717, 1.165) is 31.2 Å². The number of ether oxygens (including phenoxy) is 1. The molecule has 2 aliphatic heterocycles. The summed E-state index contributed by atoms with van der Waals surface area (Å²) in [5.41, 5.74) is 14.4. The summed E-state index contributed by atoms with van der Waals surface area (Å²) in [6, 6.07) is 4.80. The topological polar surface area (TPSA) is 174 Å². The maximum atomic E-state index is 12.5. The van der Waals surface area contributed by atoms with Crippen molar-refractivity contribution in [3.8, 4) is 18.1 Å². The van der Waals surface area contributed by atoms with E-state index in [-0.39, 0.29) is 28.7 Å². The summed E-state index contributed by atoms with van der Waals surface area (Å²) >= 11 is 8.09. The Bertz CT molecular complexity index is 1560. The molecule has 1 amide bonds. The molecular formula is C28H33ClN10O2S. The Morgan fingerprint density at radius 3 is 2.45 bits per heavy atom. The number of halogens is 1. The second-order valence-electron chi connectivity index (χ2n) is 11.0. The maximum Gasteiger partial charge on any atom is 0.320 e. The number of anilines is 3. The highest BCUT2D eigenvalue weighted by Gasteiger charge is 2.50. The molecule has 0 radical (unpaired) electrons. The fraction of sp³-hybridized carbons (Fsp3) is 0.500. The van der Waals surface area contributed by atoms with Crippen molar-refractivity contribution < 1.29 is 9.53 Å². The molecule has 0 saturated carbocycles. The third-order valence-electron chi connectivity index (χ3n) is 8.05. The molecule has 220 valence electrons. The van der Waals surface area contributed by atoms with E-state index >= 15 is 0 Å². The molecule has 0 unspecified atom stereocenters. The molecule has 4 heterocycles. The van der Waals surface area contributed by atoms with E-state index in [1.165, 1.54) is 28.2 Å². The first-order valence-electron chi connectivity index (χ1n) is 13.7. The lowest BCUT2D eigenvalue weighted by Gasteiger charge is -2.51. The van der Waals surface area contributed by atoms with Crippen LogP contribution in [0.1, 0.15) is 47.3 Å². The second kappa shape index (κ2) is 11.7. The van der Waals surface area contributed by atoms with E-state index in [2.05, 4.69) is 32.0 Å². The van der Waals surface area contributed by atoms with Crippen molar-refractivity contribution in [1.82, 2.24) is 14.9 Å². The summed E-state index contributed by atoms with van der Waals surface area (Å²) in [6.07, 6.45) is 4.63. The third-order valence-corrected chi connectivity index (χ3v) is 9.55. The van der Waals surface area contributed by atoms with E-state index in [4.69, 9.17) is 27.8 Å². The summed E-state index contributed by atoms with van der Waals surface area (Å²) in [5.74, 6) is 0.461. The van der Waals surface area contributed by atoms with Gasteiger partial charge in [-0.2, -0.15) is 20.5 Å². The van der Waals surface area contributed by atoms with Crippen molar-refractivity contribution in [2.24, 2.45) is 10.7 Å². The summed E-state index contributed by atoms with van der Waals surface area (Å²) in [4.78, 5) is 32.7. The Kier molecular flexibility index (Phi) is 8.17. The number of rotatable bonds is 5. The zero-order valence-corrected chi connectivity index (χ0v) is 25.5. The SMILES string of the molecule is COc1nc(N2CCCN=C(/C(Cl)=C(\N)C(=O)N(C)C)C2)c(C#N)c(N2CC3(CCCCc4sc(N)c(C#N)c43)C2)n1. The largest absolute Gasteiger partial charge is 0.467 e. The fourth-order valence-corrected chi connectivity index (χ4v) is 7.41. The maximum absolute atomic E-state index is 12.5. The van der Waals surface area contributed by atoms with Crippen LogP contribution in [0.3, 0.4) is 0 Å². The van der Waals surface area contributed by atoms with Crippen molar-refractivity contribution >= 4 is 51.2 Å². The van der Waals surface area contributed by atoms with Gasteiger partial charge in [0.1, 0.15) is 28.4 Å². The van der Waals surface area contributed by atoms with Crippen molar-refractivity contribution in [1.29, 1.82) is 10.5 Å². The van der Waals surface area contributed by atoms with E-state index in [1.54, 1.807) is 14.1 Å². The van der Waals surface area contributed by atoms with Crippen LogP contribution in [0.15, 0.2) is 15.7 Å². The molecule has 1 fully saturated rings. The van der Waals surface area contributed by atoms with Gasteiger partial charge in [0.15, 0.2) is 11.6 Å². The lowest BCUT2D eigenvalue weighted by Crippen LogP contribution is -2.60. The van der Waals surface area contributed by atoms with E-state index in [9.17, 15) is 15.3 Å². The van der Waals surface area contributed by atoms with Gasteiger partial charge in [0.25, 0.3) is 5.91 Å². The summed E-state index contributed by atoms with van der Waals surface area (Å²) in [7, 11) is 4.68. The Hall–Kier alpha value is -4.07. The minimum atomic E-state index is -0.414. The first kappa shape index (κ1) is 29.4. The van der Waals surface area contributed by atoms with Gasteiger partial charge >= 0.3 is 6.01 Å². The molecular weight excluding hydrogens is 576 g/mol. The number of amides is 1. The van der Waals surface area contributed by atoms with Crippen molar-refractivity contribution in [3.63, 3.8) is 0 Å². The number of likely N-dealkylation sites (N-methyl/N-ethyl adjacent to an activating group) is 1. The van der Waals surface area contributed by atoms with Crippen molar-refractivity contribution in [2.75, 3.05) is 69.5 Å². The molecule has 2 aromatic rings. The Morgan fingerprint density at radius 2 is 1.81 bits per heavy atom. The monoisotopic (exact) mass is 608 g/mol. The van der Waals surface area contributed by atoms with Crippen LogP contribution in [-0.4, -0.2) is 80.4 Å². The molecule has 14 heteroatoms. The lowest BCUT2D eigenvalue weighted by molar-refractivity contribution is -0.124. The third kappa shape index (κ3) is 5.08. The molecule has 0 bridgehead atoms. The first-order chi connectivity index (χ1) is 20.1. The number of aromatic nitrogens is 2. The van der Waals surface area contributed by atoms with Gasteiger partial charge in [0, 0.05) is 50.6 Å². The van der Waals surface area contributed by atoms with Gasteiger partial charge < -0.3 is 30.9 Å². The van der Waals surface area contributed by atoms with Gasteiger partial charge in [-0.15, -0.1) is 11.3 Å². The van der Waals surface area contributed by atoms with Crippen LogP contribution in [0.25, 0.3) is 0 Å². The minimum absolute atomic E-state index is 0.0811. The predicted molar refractivity (Wildman–Crippen MR) is 163 cm³/mol. The highest BCUT2D eigenvalue weighted by atomic mass is 35.5. The Labute approximate surface area is 253 Å². The van der Waals surface area contributed by atoms with Crippen LogP contribution in [0.2, 0.25) is 0 Å². The van der Waals surface area contributed by atoms with Gasteiger partial charge in [0.2, 0.25) is 0 Å². The van der Waals surface area contributed by atoms with Gasteiger partial charge in [-0.25, -0.2) is 0 Å². The number of nitrogens with zero attached hydrogens (tertiary/aromatic N) is 8. The van der Waals surface area contributed by atoms with E-state index in [0.29, 0.717) is 66.1 Å². The number of nitrogen functional groups attached to an aromatic ring is 1. The van der Waals surface area contributed by atoms with Crippen molar-refractivity contribution in [2.45, 2.75) is 37.5 Å². The summed E-state index contributed by atoms with van der Waals surface area (Å²) in [5, 5.41) is 21.0. The zero-order chi connectivity index (χ0) is 30.2. The van der Waals surface area contributed by atoms with Crippen LogP contribution in [0, 0.1) is 22.7 Å². The van der Waals surface area contributed by atoms with E-state index in [1.807, 2.05) is 4.90 Å². The van der Waals surface area contributed by atoms with Crippen LogP contribution in [-0.2, 0) is 16.6 Å².